The molecule has 1 fully saturated rings. The zero-order valence-corrected chi connectivity index (χ0v) is 12.8. The summed E-state index contributed by atoms with van der Waals surface area (Å²) < 4.78 is 6.94. The van der Waals surface area contributed by atoms with E-state index in [4.69, 9.17) is 9.84 Å². The first-order valence-electron chi connectivity index (χ1n) is 6.55. The monoisotopic (exact) mass is 326 g/mol. The van der Waals surface area contributed by atoms with Crippen molar-refractivity contribution in [2.45, 2.75) is 18.1 Å². The number of fused-ring (bicyclic) bond motifs is 1. The van der Waals surface area contributed by atoms with Crippen molar-refractivity contribution in [2.75, 3.05) is 19.0 Å². The van der Waals surface area contributed by atoms with Gasteiger partial charge in [-0.1, -0.05) is 11.8 Å². The molecular formula is C13H14N2O4S2. The quantitative estimate of drug-likeness (QED) is 0.665. The van der Waals surface area contributed by atoms with Crippen LogP contribution in [0, 0.1) is 5.92 Å². The average molecular weight is 326 g/mol. The van der Waals surface area contributed by atoms with Gasteiger partial charge in [0, 0.05) is 19.1 Å². The summed E-state index contributed by atoms with van der Waals surface area (Å²) >= 11 is 2.48. The van der Waals surface area contributed by atoms with Gasteiger partial charge in [0.2, 0.25) is 0 Å². The van der Waals surface area contributed by atoms with E-state index in [9.17, 15) is 9.59 Å². The summed E-state index contributed by atoms with van der Waals surface area (Å²) in [5.41, 5.74) is -0.0963. The van der Waals surface area contributed by atoms with E-state index in [2.05, 4.69) is 4.98 Å². The van der Waals surface area contributed by atoms with Gasteiger partial charge in [-0.25, -0.2) is 4.98 Å². The van der Waals surface area contributed by atoms with E-state index < -0.39 is 5.97 Å². The predicted molar refractivity (Wildman–Crippen MR) is 81.2 cm³/mol. The van der Waals surface area contributed by atoms with Crippen molar-refractivity contribution in [1.29, 1.82) is 0 Å². The Kier molecular flexibility index (Phi) is 4.27. The van der Waals surface area contributed by atoms with Gasteiger partial charge in [0.05, 0.1) is 17.7 Å². The fourth-order valence-electron chi connectivity index (χ4n) is 2.31. The van der Waals surface area contributed by atoms with Crippen LogP contribution in [0.15, 0.2) is 21.4 Å². The zero-order valence-electron chi connectivity index (χ0n) is 11.2. The van der Waals surface area contributed by atoms with Gasteiger partial charge in [-0.15, -0.1) is 11.3 Å². The summed E-state index contributed by atoms with van der Waals surface area (Å²) in [7, 11) is 0. The van der Waals surface area contributed by atoms with Crippen LogP contribution in [0.5, 0.6) is 0 Å². The number of carbonyl (C=O) groups is 1. The number of hydrogen-bond donors (Lipinski definition) is 1. The van der Waals surface area contributed by atoms with Crippen molar-refractivity contribution >= 4 is 39.3 Å². The fraction of sp³-hybridized carbons (Fsp3) is 0.462. The molecule has 1 aliphatic heterocycles. The van der Waals surface area contributed by atoms with Crippen LogP contribution in [0.3, 0.4) is 0 Å². The van der Waals surface area contributed by atoms with Crippen LogP contribution in [0.1, 0.15) is 6.42 Å². The van der Waals surface area contributed by atoms with Gasteiger partial charge in [-0.2, -0.15) is 0 Å². The zero-order chi connectivity index (χ0) is 14.8. The maximum Gasteiger partial charge on any atom is 0.313 e. The number of thiophene rings is 1. The summed E-state index contributed by atoms with van der Waals surface area (Å²) in [5, 5.41) is 11.7. The molecule has 8 heteroatoms. The highest BCUT2D eigenvalue weighted by Crippen LogP contribution is 2.23. The second-order valence-corrected chi connectivity index (χ2v) is 6.70. The lowest BCUT2D eigenvalue weighted by Gasteiger charge is -2.14. The first-order valence-corrected chi connectivity index (χ1v) is 8.42. The molecule has 1 aliphatic rings. The largest absolute Gasteiger partial charge is 0.481 e. The highest BCUT2D eigenvalue weighted by Gasteiger charge is 2.20. The fourth-order valence-corrected chi connectivity index (χ4v) is 3.85. The molecule has 112 valence electrons. The molecule has 0 bridgehead atoms. The van der Waals surface area contributed by atoms with Gasteiger partial charge >= 0.3 is 5.97 Å². The number of hydrogen-bond acceptors (Lipinski definition) is 6. The lowest BCUT2D eigenvalue weighted by atomic mass is 10.1. The number of nitrogens with zero attached hydrogens (tertiary/aromatic N) is 2. The summed E-state index contributed by atoms with van der Waals surface area (Å²) in [5.74, 6) is -0.745. The van der Waals surface area contributed by atoms with E-state index >= 15 is 0 Å². The van der Waals surface area contributed by atoms with Crippen molar-refractivity contribution in [3.63, 3.8) is 0 Å². The number of thioether (sulfide) groups is 1. The van der Waals surface area contributed by atoms with Gasteiger partial charge in [0.25, 0.3) is 5.56 Å². The van der Waals surface area contributed by atoms with E-state index in [1.807, 2.05) is 5.38 Å². The van der Waals surface area contributed by atoms with Gasteiger partial charge in [-0.05, 0) is 17.9 Å². The molecule has 3 rings (SSSR count). The van der Waals surface area contributed by atoms with Crippen LogP contribution in [0.4, 0.5) is 0 Å². The molecule has 0 amide bonds. The van der Waals surface area contributed by atoms with Crippen LogP contribution >= 0.6 is 23.1 Å². The minimum atomic E-state index is -0.920. The van der Waals surface area contributed by atoms with Crippen LogP contribution in [0.25, 0.3) is 10.2 Å². The Balaban J connectivity index is 1.99. The molecule has 1 unspecified atom stereocenters. The number of aliphatic carboxylic acids is 1. The molecule has 0 aliphatic carbocycles. The molecule has 0 saturated carbocycles. The predicted octanol–water partition coefficient (Wildman–Crippen LogP) is 1.67. The van der Waals surface area contributed by atoms with E-state index in [1.165, 1.54) is 11.3 Å². The number of rotatable bonds is 5. The second kappa shape index (κ2) is 6.17. The van der Waals surface area contributed by atoms with E-state index in [-0.39, 0.29) is 17.2 Å². The Morgan fingerprint density at radius 3 is 3.19 bits per heavy atom. The number of aromatic nitrogens is 2. The smallest absolute Gasteiger partial charge is 0.313 e. The Morgan fingerprint density at radius 1 is 1.62 bits per heavy atom. The SMILES string of the molecule is O=C(O)CSc1nc2sccc2c(=O)n1CC1CCOC1. The topological polar surface area (TPSA) is 81.4 Å². The molecule has 2 aromatic rings. The standard InChI is InChI=1S/C13H14N2O4S2/c16-10(17)7-21-13-14-11-9(2-4-20-11)12(18)15(13)5-8-1-3-19-6-8/h2,4,8H,1,3,5-7H2,(H,16,17). The summed E-state index contributed by atoms with van der Waals surface area (Å²) in [6.45, 7) is 1.88. The van der Waals surface area contributed by atoms with Crippen LogP contribution < -0.4 is 5.56 Å². The van der Waals surface area contributed by atoms with Crippen molar-refractivity contribution in [3.8, 4) is 0 Å². The van der Waals surface area contributed by atoms with E-state index in [1.54, 1.807) is 10.6 Å². The first kappa shape index (κ1) is 14.6. The molecule has 1 N–H and O–H groups in total. The van der Waals surface area contributed by atoms with Crippen LogP contribution in [-0.4, -0.2) is 39.6 Å². The normalized spacial score (nSPS) is 18.4. The van der Waals surface area contributed by atoms with Gasteiger partial charge in [0.15, 0.2) is 5.16 Å². The van der Waals surface area contributed by atoms with Gasteiger partial charge < -0.3 is 9.84 Å². The summed E-state index contributed by atoms with van der Waals surface area (Å²) in [4.78, 5) is 28.5. The van der Waals surface area contributed by atoms with E-state index in [0.717, 1.165) is 18.2 Å². The van der Waals surface area contributed by atoms with Gasteiger partial charge in [0.1, 0.15) is 4.83 Å². The molecule has 3 heterocycles. The third kappa shape index (κ3) is 3.12. The Hall–Kier alpha value is -1.38. The van der Waals surface area contributed by atoms with Gasteiger partial charge in [-0.3, -0.25) is 14.2 Å². The van der Waals surface area contributed by atoms with Crippen molar-refractivity contribution in [2.24, 2.45) is 5.92 Å². The summed E-state index contributed by atoms with van der Waals surface area (Å²) in [6, 6.07) is 1.77. The third-order valence-electron chi connectivity index (χ3n) is 3.34. The highest BCUT2D eigenvalue weighted by molar-refractivity contribution is 7.99. The Labute approximate surface area is 128 Å². The average Bonchev–Trinajstić information content (AvgIpc) is 3.11. The van der Waals surface area contributed by atoms with E-state index in [0.29, 0.717) is 35.1 Å². The van der Waals surface area contributed by atoms with Crippen LogP contribution in [-0.2, 0) is 16.1 Å². The molecule has 21 heavy (non-hydrogen) atoms. The second-order valence-electron chi connectivity index (χ2n) is 4.86. The molecule has 0 radical (unpaired) electrons. The Morgan fingerprint density at radius 2 is 2.48 bits per heavy atom. The number of carboxylic acids is 1. The van der Waals surface area contributed by atoms with Crippen LogP contribution in [0.2, 0.25) is 0 Å². The molecule has 2 aromatic heterocycles. The van der Waals surface area contributed by atoms with Crippen molar-refractivity contribution in [1.82, 2.24) is 9.55 Å². The Bertz CT molecular complexity index is 719. The summed E-state index contributed by atoms with van der Waals surface area (Å²) in [6.07, 6.45) is 0.914. The third-order valence-corrected chi connectivity index (χ3v) is 5.11. The lowest BCUT2D eigenvalue weighted by molar-refractivity contribution is -0.133. The number of ether oxygens (including phenoxy) is 1. The maximum atomic E-state index is 12.6. The molecule has 0 aromatic carbocycles. The van der Waals surface area contributed by atoms with Crippen molar-refractivity contribution in [3.05, 3.63) is 21.8 Å². The molecule has 6 nitrogen and oxygen atoms in total. The number of carboxylic acid groups (broad SMARTS) is 1. The highest BCUT2D eigenvalue weighted by atomic mass is 32.2. The lowest BCUT2D eigenvalue weighted by Crippen LogP contribution is -2.27. The van der Waals surface area contributed by atoms with Crippen molar-refractivity contribution < 1.29 is 14.6 Å². The minimum Gasteiger partial charge on any atom is -0.481 e. The molecular weight excluding hydrogens is 312 g/mol. The molecule has 1 saturated heterocycles. The molecule has 0 spiro atoms. The maximum absolute atomic E-state index is 12.6. The molecule has 1 atom stereocenters. The minimum absolute atomic E-state index is 0.0963. The first-order chi connectivity index (χ1) is 10.1.